The van der Waals surface area contributed by atoms with E-state index in [-0.39, 0.29) is 12.2 Å². The van der Waals surface area contributed by atoms with Crippen LogP contribution < -0.4 is 0 Å². The molecule has 0 aromatic rings. The molecule has 0 aromatic carbocycles. The predicted molar refractivity (Wildman–Crippen MR) is 138 cm³/mol. The number of aliphatic hydroxyl groups excluding tert-OH is 1. The summed E-state index contributed by atoms with van der Waals surface area (Å²) in [6.07, 6.45) is 17.4. The van der Waals surface area contributed by atoms with Gasteiger partial charge in [-0.15, -0.1) is 0 Å². The van der Waals surface area contributed by atoms with Gasteiger partial charge in [-0.1, -0.05) is 20.8 Å². The molecule has 4 saturated carbocycles. The smallest absolute Gasteiger partial charge is 0.248 e. The van der Waals surface area contributed by atoms with Crippen LogP contribution >= 0.6 is 7.57 Å². The molecule has 0 heterocycles. The Hall–Kier alpha value is 0.140. The zero-order valence-corrected chi connectivity index (χ0v) is 22.9. The van der Waals surface area contributed by atoms with E-state index in [1.165, 1.54) is 44.9 Å². The lowest BCUT2D eigenvalue weighted by molar-refractivity contribution is -0.129. The van der Waals surface area contributed by atoms with Gasteiger partial charge >= 0.3 is 0 Å². The molecule has 5 heteroatoms. The highest BCUT2D eigenvalue weighted by molar-refractivity contribution is 7.58. The molecule has 0 bridgehead atoms. The van der Waals surface area contributed by atoms with Gasteiger partial charge in [0.2, 0.25) is 7.57 Å². The SMILES string of the molecule is C=P(O)(OCCC[C@@H](C)[C@H]1CC[C@H]2[C@@H]3CCC4C[C@H](O)CC[C@]4(C)[C@H]3CC[C@]12C)OC(C)C. The molecule has 0 spiro atoms. The van der Waals surface area contributed by atoms with Crippen molar-refractivity contribution in [1.82, 2.24) is 0 Å². The quantitative estimate of drug-likeness (QED) is 0.287. The van der Waals surface area contributed by atoms with Gasteiger partial charge in [-0.05, 0) is 137 Å². The molecule has 192 valence electrons. The van der Waals surface area contributed by atoms with Crippen LogP contribution in [0.3, 0.4) is 0 Å². The van der Waals surface area contributed by atoms with Crippen LogP contribution in [0.2, 0.25) is 0 Å². The van der Waals surface area contributed by atoms with Gasteiger partial charge < -0.3 is 19.0 Å². The molecule has 33 heavy (non-hydrogen) atoms. The van der Waals surface area contributed by atoms with Crippen molar-refractivity contribution in [3.05, 3.63) is 0 Å². The summed E-state index contributed by atoms with van der Waals surface area (Å²) in [5.41, 5.74) is 0.955. The molecule has 0 amide bonds. The fourth-order valence-electron chi connectivity index (χ4n) is 9.38. The fraction of sp³-hybridized carbons (Fsp3) is 0.964. The lowest BCUT2D eigenvalue weighted by atomic mass is 9.44. The highest BCUT2D eigenvalue weighted by atomic mass is 31.2. The first-order valence-electron chi connectivity index (χ1n) is 13.9. The minimum atomic E-state index is -2.93. The number of hydrogen-bond donors (Lipinski definition) is 2. The summed E-state index contributed by atoms with van der Waals surface area (Å²) in [4.78, 5) is 10.2. The molecule has 0 aliphatic heterocycles. The van der Waals surface area contributed by atoms with Gasteiger partial charge in [-0.3, -0.25) is 0 Å². The van der Waals surface area contributed by atoms with Crippen molar-refractivity contribution in [3.63, 3.8) is 0 Å². The van der Waals surface area contributed by atoms with Crippen LogP contribution in [-0.2, 0) is 9.05 Å². The van der Waals surface area contributed by atoms with E-state index in [0.717, 1.165) is 55.3 Å². The number of hydrogen-bond acceptors (Lipinski definition) is 4. The summed E-state index contributed by atoms with van der Waals surface area (Å²) in [6, 6.07) is 0. The minimum Gasteiger partial charge on any atom is -0.393 e. The second-order valence-corrected chi connectivity index (χ2v) is 14.8. The summed E-state index contributed by atoms with van der Waals surface area (Å²) in [7, 11) is -2.93. The zero-order valence-electron chi connectivity index (χ0n) is 22.0. The first-order chi connectivity index (χ1) is 15.5. The van der Waals surface area contributed by atoms with Gasteiger partial charge in [-0.2, -0.15) is 0 Å². The van der Waals surface area contributed by atoms with E-state index in [4.69, 9.17) is 9.05 Å². The van der Waals surface area contributed by atoms with E-state index in [0.29, 0.717) is 23.4 Å². The van der Waals surface area contributed by atoms with E-state index < -0.39 is 7.57 Å². The second kappa shape index (κ2) is 9.89. The lowest BCUT2D eigenvalue weighted by Crippen LogP contribution is -2.54. The number of aliphatic hydroxyl groups is 1. The van der Waals surface area contributed by atoms with Gasteiger partial charge in [-0.25, -0.2) is 0 Å². The third-order valence-electron chi connectivity index (χ3n) is 10.9. The van der Waals surface area contributed by atoms with Crippen molar-refractivity contribution in [2.24, 2.45) is 46.3 Å². The normalized spacial score (nSPS) is 45.7. The molecular formula is C28H51O4P. The van der Waals surface area contributed by atoms with Crippen LogP contribution in [0, 0.1) is 46.3 Å². The molecule has 10 atom stereocenters. The summed E-state index contributed by atoms with van der Waals surface area (Å²) >= 11 is 0. The third-order valence-corrected chi connectivity index (χ3v) is 12.2. The summed E-state index contributed by atoms with van der Waals surface area (Å²) in [5.74, 6) is 4.92. The molecule has 4 rings (SSSR count). The first kappa shape index (κ1) is 26.2. The standard InChI is InChI=1S/C28H51O4P/c1-19(2)32-33(6,30)31-17-7-8-20(3)24-11-12-25-23-10-9-21-18-22(29)13-15-27(21,4)26(23)14-16-28(24,25)5/h19-26,29-30H,6-18H2,1-5H3/t20-,21?,22-,23+,24-,25+,26+,27+,28-,33?/m1/s1. The molecule has 4 aliphatic carbocycles. The van der Waals surface area contributed by atoms with Crippen molar-refractivity contribution in [3.8, 4) is 0 Å². The van der Waals surface area contributed by atoms with Crippen molar-refractivity contribution in [2.75, 3.05) is 6.61 Å². The monoisotopic (exact) mass is 482 g/mol. The summed E-state index contributed by atoms with van der Waals surface area (Å²) < 4.78 is 11.1. The molecular weight excluding hydrogens is 431 g/mol. The Morgan fingerprint density at radius 1 is 0.970 bits per heavy atom. The maximum atomic E-state index is 10.3. The van der Waals surface area contributed by atoms with Crippen LogP contribution in [0.25, 0.3) is 0 Å². The van der Waals surface area contributed by atoms with Crippen LogP contribution in [0.5, 0.6) is 0 Å². The average Bonchev–Trinajstić information content (AvgIpc) is 3.08. The second-order valence-electron chi connectivity index (χ2n) is 13.1. The molecule has 0 radical (unpaired) electrons. The van der Waals surface area contributed by atoms with Gasteiger partial charge in [0.15, 0.2) is 0 Å². The molecule has 2 unspecified atom stereocenters. The van der Waals surface area contributed by atoms with Crippen LogP contribution in [-0.4, -0.2) is 35.1 Å². The molecule has 0 aromatic heterocycles. The van der Waals surface area contributed by atoms with Gasteiger partial charge in [0.1, 0.15) is 0 Å². The Balaban J connectivity index is 1.34. The topological polar surface area (TPSA) is 58.9 Å². The van der Waals surface area contributed by atoms with Crippen LogP contribution in [0.15, 0.2) is 0 Å². The highest BCUT2D eigenvalue weighted by Crippen LogP contribution is 2.68. The maximum absolute atomic E-state index is 10.3. The number of fused-ring (bicyclic) bond motifs is 5. The summed E-state index contributed by atoms with van der Waals surface area (Å²) in [5, 5.41) is 10.3. The van der Waals surface area contributed by atoms with Gasteiger partial charge in [0, 0.05) is 0 Å². The lowest BCUT2D eigenvalue weighted by Gasteiger charge is -2.61. The van der Waals surface area contributed by atoms with Crippen molar-refractivity contribution < 1.29 is 19.0 Å². The highest BCUT2D eigenvalue weighted by Gasteiger charge is 2.60. The van der Waals surface area contributed by atoms with E-state index in [1.807, 2.05) is 13.8 Å². The summed E-state index contributed by atoms with van der Waals surface area (Å²) in [6.45, 7) is 12.0. The first-order valence-corrected chi connectivity index (χ1v) is 15.7. The number of rotatable bonds is 8. The Morgan fingerprint density at radius 3 is 2.39 bits per heavy atom. The maximum Gasteiger partial charge on any atom is 0.248 e. The zero-order chi connectivity index (χ0) is 24.0. The van der Waals surface area contributed by atoms with Crippen molar-refractivity contribution in [2.45, 2.75) is 117 Å². The Kier molecular flexibility index (Phi) is 7.85. The fourth-order valence-corrected chi connectivity index (χ4v) is 10.5. The van der Waals surface area contributed by atoms with Crippen LogP contribution in [0.1, 0.15) is 105 Å². The molecule has 4 nitrogen and oxygen atoms in total. The molecule has 4 fully saturated rings. The van der Waals surface area contributed by atoms with E-state index in [9.17, 15) is 10.00 Å². The van der Waals surface area contributed by atoms with Gasteiger partial charge in [0.25, 0.3) is 0 Å². The van der Waals surface area contributed by atoms with Crippen LogP contribution in [0.4, 0.5) is 0 Å². The third kappa shape index (κ3) is 5.17. The van der Waals surface area contributed by atoms with Crippen molar-refractivity contribution in [1.29, 1.82) is 0 Å². The van der Waals surface area contributed by atoms with E-state index >= 15 is 0 Å². The van der Waals surface area contributed by atoms with E-state index in [2.05, 4.69) is 27.1 Å². The van der Waals surface area contributed by atoms with E-state index in [1.54, 1.807) is 0 Å². The molecule has 2 N–H and O–H groups in total. The Morgan fingerprint density at radius 2 is 1.67 bits per heavy atom. The average molecular weight is 483 g/mol. The Bertz CT molecular complexity index is 725. The minimum absolute atomic E-state index is 0.0484. The molecule has 4 aliphatic rings. The Labute approximate surface area is 203 Å². The molecule has 0 saturated heterocycles. The van der Waals surface area contributed by atoms with Gasteiger partial charge in [0.05, 0.1) is 18.8 Å². The predicted octanol–water partition coefficient (Wildman–Crippen LogP) is 7.05. The van der Waals surface area contributed by atoms with Crippen molar-refractivity contribution >= 4 is 13.9 Å². The largest absolute Gasteiger partial charge is 0.393 e.